The summed E-state index contributed by atoms with van der Waals surface area (Å²) in [5.74, 6) is -1.98. The van der Waals surface area contributed by atoms with E-state index in [0.29, 0.717) is 18.8 Å². The number of aromatic carboxylic acids is 1. The Morgan fingerprint density at radius 3 is 2.72 bits per heavy atom. The molecule has 1 rings (SSSR count). The molecule has 1 aromatic carbocycles. The zero-order valence-corrected chi connectivity index (χ0v) is 10.8. The molecule has 1 aromatic rings. The van der Waals surface area contributed by atoms with E-state index in [-0.39, 0.29) is 11.6 Å². The van der Waals surface area contributed by atoms with Gasteiger partial charge < -0.3 is 14.7 Å². The van der Waals surface area contributed by atoms with Gasteiger partial charge in [-0.3, -0.25) is 0 Å². The highest BCUT2D eigenvalue weighted by molar-refractivity contribution is 5.94. The van der Waals surface area contributed by atoms with Crippen molar-refractivity contribution < 1.29 is 19.0 Å². The lowest BCUT2D eigenvalue weighted by Gasteiger charge is -2.30. The number of nitrogens with zero attached hydrogens (tertiary/aromatic N) is 1. The quantitative estimate of drug-likeness (QED) is 0.848. The number of benzene rings is 1. The molecule has 0 saturated heterocycles. The number of carboxylic acid groups (broad SMARTS) is 1. The zero-order valence-electron chi connectivity index (χ0n) is 10.8. The first-order valence-electron chi connectivity index (χ1n) is 5.80. The lowest BCUT2D eigenvalue weighted by molar-refractivity contribution is 0.0692. The first kappa shape index (κ1) is 14.4. The Labute approximate surface area is 106 Å². The number of rotatable bonds is 6. The minimum Gasteiger partial charge on any atom is -0.478 e. The standard InChI is InChI=1S/C13H18FNO3/c1-4-15(9(2)8-18-3)11-7-5-6-10(14)12(11)13(16)17/h5-7,9H,4,8H2,1-3H3,(H,16,17). The summed E-state index contributed by atoms with van der Waals surface area (Å²) in [5, 5.41) is 9.10. The van der Waals surface area contributed by atoms with E-state index in [4.69, 9.17) is 9.84 Å². The molecule has 0 heterocycles. The number of likely N-dealkylation sites (N-methyl/N-ethyl adjacent to an activating group) is 1. The first-order chi connectivity index (χ1) is 8.52. The van der Waals surface area contributed by atoms with Crippen LogP contribution in [0.3, 0.4) is 0 Å². The molecule has 100 valence electrons. The molecule has 1 atom stereocenters. The maximum atomic E-state index is 13.6. The van der Waals surface area contributed by atoms with Gasteiger partial charge in [0.1, 0.15) is 11.4 Å². The lowest BCUT2D eigenvalue weighted by atomic mass is 10.1. The minimum absolute atomic E-state index is 0.0279. The summed E-state index contributed by atoms with van der Waals surface area (Å²) in [6.07, 6.45) is 0. The summed E-state index contributed by atoms with van der Waals surface area (Å²) in [4.78, 5) is 13.0. The van der Waals surface area contributed by atoms with E-state index in [0.717, 1.165) is 6.07 Å². The Morgan fingerprint density at radius 1 is 1.56 bits per heavy atom. The van der Waals surface area contributed by atoms with Crippen LogP contribution in [0.2, 0.25) is 0 Å². The average molecular weight is 255 g/mol. The van der Waals surface area contributed by atoms with Crippen molar-refractivity contribution in [3.05, 3.63) is 29.6 Å². The largest absolute Gasteiger partial charge is 0.478 e. The van der Waals surface area contributed by atoms with E-state index in [1.807, 2.05) is 18.7 Å². The Morgan fingerprint density at radius 2 is 2.22 bits per heavy atom. The summed E-state index contributed by atoms with van der Waals surface area (Å²) in [7, 11) is 1.58. The number of ether oxygens (including phenoxy) is 1. The normalized spacial score (nSPS) is 12.2. The van der Waals surface area contributed by atoms with Gasteiger partial charge >= 0.3 is 5.97 Å². The van der Waals surface area contributed by atoms with E-state index in [1.165, 1.54) is 6.07 Å². The Hall–Kier alpha value is -1.62. The fourth-order valence-electron chi connectivity index (χ4n) is 2.01. The lowest BCUT2D eigenvalue weighted by Crippen LogP contribution is -2.37. The molecule has 5 heteroatoms. The molecule has 18 heavy (non-hydrogen) atoms. The van der Waals surface area contributed by atoms with Gasteiger partial charge in [-0.15, -0.1) is 0 Å². The number of carbonyl (C=O) groups is 1. The molecule has 1 unspecified atom stereocenters. The van der Waals surface area contributed by atoms with Crippen LogP contribution >= 0.6 is 0 Å². The van der Waals surface area contributed by atoms with Crippen molar-refractivity contribution >= 4 is 11.7 Å². The van der Waals surface area contributed by atoms with Gasteiger partial charge in [0.25, 0.3) is 0 Å². The Kier molecular flexibility index (Phi) is 5.09. The van der Waals surface area contributed by atoms with Crippen molar-refractivity contribution in [3.8, 4) is 0 Å². The van der Waals surface area contributed by atoms with Crippen LogP contribution in [0.25, 0.3) is 0 Å². The van der Waals surface area contributed by atoms with Crippen molar-refractivity contribution in [2.75, 3.05) is 25.2 Å². The van der Waals surface area contributed by atoms with Crippen LogP contribution < -0.4 is 4.90 Å². The maximum absolute atomic E-state index is 13.6. The van der Waals surface area contributed by atoms with Gasteiger partial charge in [-0.2, -0.15) is 0 Å². The van der Waals surface area contributed by atoms with Crippen LogP contribution in [0, 0.1) is 5.82 Å². The number of halogens is 1. The van der Waals surface area contributed by atoms with Crippen molar-refractivity contribution in [3.63, 3.8) is 0 Å². The molecule has 0 aliphatic rings. The average Bonchev–Trinajstić information content (AvgIpc) is 2.29. The van der Waals surface area contributed by atoms with Gasteiger partial charge in [-0.1, -0.05) is 6.07 Å². The van der Waals surface area contributed by atoms with Gasteiger partial charge in [-0.25, -0.2) is 9.18 Å². The van der Waals surface area contributed by atoms with E-state index in [2.05, 4.69) is 0 Å². The molecule has 0 aliphatic carbocycles. The SMILES string of the molecule is CCN(c1cccc(F)c1C(=O)O)C(C)COC. The van der Waals surface area contributed by atoms with Gasteiger partial charge in [0.2, 0.25) is 0 Å². The molecule has 0 fully saturated rings. The van der Waals surface area contributed by atoms with Crippen molar-refractivity contribution in [2.24, 2.45) is 0 Å². The van der Waals surface area contributed by atoms with Gasteiger partial charge in [0, 0.05) is 19.7 Å². The second kappa shape index (κ2) is 6.35. The minimum atomic E-state index is -1.26. The van der Waals surface area contributed by atoms with Crippen LogP contribution in [0.4, 0.5) is 10.1 Å². The predicted octanol–water partition coefficient (Wildman–Crippen LogP) is 2.39. The summed E-state index contributed by atoms with van der Waals surface area (Å²) in [6.45, 7) is 4.82. The number of anilines is 1. The number of methoxy groups -OCH3 is 1. The monoisotopic (exact) mass is 255 g/mol. The van der Waals surface area contributed by atoms with Crippen LogP contribution in [-0.4, -0.2) is 37.4 Å². The van der Waals surface area contributed by atoms with Crippen LogP contribution in [-0.2, 0) is 4.74 Å². The molecule has 0 spiro atoms. The second-order valence-electron chi connectivity index (χ2n) is 4.03. The van der Waals surface area contributed by atoms with Gasteiger partial charge in [0.15, 0.2) is 0 Å². The van der Waals surface area contributed by atoms with E-state index >= 15 is 0 Å². The van der Waals surface area contributed by atoms with Crippen LogP contribution in [0.1, 0.15) is 24.2 Å². The number of hydrogen-bond donors (Lipinski definition) is 1. The molecule has 0 radical (unpaired) electrons. The topological polar surface area (TPSA) is 49.8 Å². The maximum Gasteiger partial charge on any atom is 0.340 e. The third kappa shape index (κ3) is 2.98. The highest BCUT2D eigenvalue weighted by Gasteiger charge is 2.22. The summed E-state index contributed by atoms with van der Waals surface area (Å²) in [5.41, 5.74) is 0.0943. The van der Waals surface area contributed by atoms with Crippen molar-refractivity contribution in [1.82, 2.24) is 0 Å². The molecular weight excluding hydrogens is 237 g/mol. The zero-order chi connectivity index (χ0) is 13.7. The number of carboxylic acids is 1. The Balaban J connectivity index is 3.21. The molecule has 0 bridgehead atoms. The predicted molar refractivity (Wildman–Crippen MR) is 67.7 cm³/mol. The molecule has 0 aromatic heterocycles. The number of hydrogen-bond acceptors (Lipinski definition) is 3. The van der Waals surface area contributed by atoms with Crippen LogP contribution in [0.5, 0.6) is 0 Å². The van der Waals surface area contributed by atoms with Crippen molar-refractivity contribution in [1.29, 1.82) is 0 Å². The second-order valence-corrected chi connectivity index (χ2v) is 4.03. The summed E-state index contributed by atoms with van der Waals surface area (Å²) < 4.78 is 18.7. The van der Waals surface area contributed by atoms with E-state index in [9.17, 15) is 9.18 Å². The van der Waals surface area contributed by atoms with E-state index < -0.39 is 11.8 Å². The summed E-state index contributed by atoms with van der Waals surface area (Å²) >= 11 is 0. The van der Waals surface area contributed by atoms with Gasteiger partial charge in [0.05, 0.1) is 12.3 Å². The Bertz CT molecular complexity index is 423. The first-order valence-corrected chi connectivity index (χ1v) is 5.80. The van der Waals surface area contributed by atoms with E-state index in [1.54, 1.807) is 13.2 Å². The third-order valence-corrected chi connectivity index (χ3v) is 2.80. The highest BCUT2D eigenvalue weighted by atomic mass is 19.1. The molecule has 0 amide bonds. The van der Waals surface area contributed by atoms with Crippen molar-refractivity contribution in [2.45, 2.75) is 19.9 Å². The fourth-order valence-corrected chi connectivity index (χ4v) is 2.01. The molecule has 0 aliphatic heterocycles. The summed E-state index contributed by atoms with van der Waals surface area (Å²) in [6, 6.07) is 4.25. The molecule has 0 saturated carbocycles. The molecule has 4 nitrogen and oxygen atoms in total. The smallest absolute Gasteiger partial charge is 0.340 e. The fraction of sp³-hybridized carbons (Fsp3) is 0.462. The highest BCUT2D eigenvalue weighted by Crippen LogP contribution is 2.25. The molecule has 1 N–H and O–H groups in total. The van der Waals surface area contributed by atoms with Gasteiger partial charge in [-0.05, 0) is 26.0 Å². The third-order valence-electron chi connectivity index (χ3n) is 2.80. The molecular formula is C13H18FNO3. The van der Waals surface area contributed by atoms with Crippen LogP contribution in [0.15, 0.2) is 18.2 Å².